The Morgan fingerprint density at radius 2 is 2.00 bits per heavy atom. The number of carbonyl (C=O) groups excluding carboxylic acids is 2. The Labute approximate surface area is 206 Å². The van der Waals surface area contributed by atoms with Gasteiger partial charge >= 0.3 is 6.03 Å². The first-order valence-electron chi connectivity index (χ1n) is 12.1. The molecule has 35 heavy (non-hydrogen) atoms. The van der Waals surface area contributed by atoms with Gasteiger partial charge in [-0.3, -0.25) is 14.6 Å². The van der Waals surface area contributed by atoms with E-state index in [9.17, 15) is 9.59 Å². The van der Waals surface area contributed by atoms with Crippen molar-refractivity contribution in [3.05, 3.63) is 78.0 Å². The molecule has 1 N–H and O–H groups in total. The van der Waals surface area contributed by atoms with Gasteiger partial charge in [-0.15, -0.1) is 6.58 Å². The second-order valence-electron chi connectivity index (χ2n) is 9.71. The number of ether oxygens (including phenoxy) is 1. The number of aromatic nitrogens is 1. The number of aromatic amines is 1. The molecule has 0 saturated carbocycles. The topological polar surface area (TPSA) is 68.9 Å². The van der Waals surface area contributed by atoms with Crippen LogP contribution in [0.5, 0.6) is 5.75 Å². The van der Waals surface area contributed by atoms with Gasteiger partial charge in [-0.2, -0.15) is 0 Å². The zero-order chi connectivity index (χ0) is 24.7. The first-order valence-corrected chi connectivity index (χ1v) is 12.1. The minimum atomic E-state index is -0.962. The van der Waals surface area contributed by atoms with Crippen LogP contribution in [0.3, 0.4) is 0 Å². The van der Waals surface area contributed by atoms with E-state index in [1.807, 2.05) is 68.6 Å². The van der Waals surface area contributed by atoms with Gasteiger partial charge in [0, 0.05) is 36.1 Å². The lowest BCUT2D eigenvalue weighted by molar-refractivity contribution is -0.133. The van der Waals surface area contributed by atoms with Crippen LogP contribution >= 0.6 is 0 Å². The molecule has 2 aromatic carbocycles. The number of nitrogens with zero attached hydrogens (tertiary/aromatic N) is 3. The molecule has 0 aliphatic carbocycles. The third-order valence-electron chi connectivity index (χ3n) is 7.35. The molecule has 3 heterocycles. The van der Waals surface area contributed by atoms with Gasteiger partial charge in [-0.25, -0.2) is 4.79 Å². The van der Waals surface area contributed by atoms with Gasteiger partial charge in [0.1, 0.15) is 17.3 Å². The third kappa shape index (κ3) is 3.71. The summed E-state index contributed by atoms with van der Waals surface area (Å²) in [5.74, 6) is 0.639. The number of likely N-dealkylation sites (N-methyl/N-ethyl adjacent to an activating group) is 1. The molecule has 1 unspecified atom stereocenters. The van der Waals surface area contributed by atoms with Crippen LogP contribution < -0.4 is 4.74 Å². The fourth-order valence-electron chi connectivity index (χ4n) is 5.61. The third-order valence-corrected chi connectivity index (χ3v) is 7.35. The minimum absolute atomic E-state index is 0.127. The molecule has 2 atom stereocenters. The van der Waals surface area contributed by atoms with Crippen LogP contribution in [0, 0.1) is 0 Å². The van der Waals surface area contributed by atoms with Crippen LogP contribution in [0.2, 0.25) is 0 Å². The van der Waals surface area contributed by atoms with Gasteiger partial charge in [-0.05, 0) is 56.3 Å². The number of amides is 3. The molecule has 7 nitrogen and oxygen atoms in total. The molecule has 182 valence electrons. The van der Waals surface area contributed by atoms with Crippen LogP contribution in [0.25, 0.3) is 10.9 Å². The second kappa shape index (κ2) is 8.89. The number of hydrogen-bond acceptors (Lipinski definition) is 4. The van der Waals surface area contributed by atoms with Crippen molar-refractivity contribution in [1.82, 2.24) is 19.7 Å². The maximum absolute atomic E-state index is 13.8. The summed E-state index contributed by atoms with van der Waals surface area (Å²) in [7, 11) is 3.66. The quantitative estimate of drug-likeness (QED) is 0.391. The fourth-order valence-corrected chi connectivity index (χ4v) is 5.61. The maximum Gasteiger partial charge on any atom is 0.328 e. The summed E-state index contributed by atoms with van der Waals surface area (Å²) in [4.78, 5) is 36.6. The Hall–Kier alpha value is -3.58. The van der Waals surface area contributed by atoms with Crippen molar-refractivity contribution < 1.29 is 14.3 Å². The van der Waals surface area contributed by atoms with Gasteiger partial charge < -0.3 is 14.6 Å². The number of carbonyl (C=O) groups is 2. The number of methoxy groups -OCH3 is 1. The molecule has 0 radical (unpaired) electrons. The summed E-state index contributed by atoms with van der Waals surface area (Å²) >= 11 is 0. The van der Waals surface area contributed by atoms with Gasteiger partial charge in [0.2, 0.25) is 0 Å². The molecule has 1 fully saturated rings. The summed E-state index contributed by atoms with van der Waals surface area (Å²) in [6.07, 6.45) is 3.02. The Kier molecular flexibility index (Phi) is 5.89. The highest BCUT2D eigenvalue weighted by Gasteiger charge is 2.59. The van der Waals surface area contributed by atoms with E-state index in [0.29, 0.717) is 19.4 Å². The van der Waals surface area contributed by atoms with E-state index in [1.165, 1.54) is 4.90 Å². The highest BCUT2D eigenvalue weighted by atomic mass is 16.5. The van der Waals surface area contributed by atoms with E-state index in [-0.39, 0.29) is 18.0 Å². The van der Waals surface area contributed by atoms with E-state index < -0.39 is 5.54 Å². The van der Waals surface area contributed by atoms with E-state index >= 15 is 0 Å². The highest BCUT2D eigenvalue weighted by molar-refractivity contribution is 6.08. The predicted octanol–water partition coefficient (Wildman–Crippen LogP) is 4.35. The number of nitrogens with one attached hydrogen (secondary N) is 1. The summed E-state index contributed by atoms with van der Waals surface area (Å²) < 4.78 is 5.48. The molecule has 7 heteroatoms. The molecule has 0 bridgehead atoms. The second-order valence-corrected chi connectivity index (χ2v) is 9.71. The van der Waals surface area contributed by atoms with Crippen LogP contribution in [-0.2, 0) is 11.2 Å². The maximum atomic E-state index is 13.8. The predicted molar refractivity (Wildman–Crippen MR) is 137 cm³/mol. The highest BCUT2D eigenvalue weighted by Crippen LogP contribution is 2.48. The number of fused-ring (bicyclic) bond motifs is 4. The monoisotopic (exact) mass is 472 g/mol. The van der Waals surface area contributed by atoms with Crippen LogP contribution in [-0.4, -0.2) is 71.0 Å². The minimum Gasteiger partial charge on any atom is -0.497 e. The van der Waals surface area contributed by atoms with E-state index in [2.05, 4.69) is 16.5 Å². The number of hydrogen-bond donors (Lipinski definition) is 1. The zero-order valence-electron chi connectivity index (χ0n) is 20.6. The van der Waals surface area contributed by atoms with Crippen molar-refractivity contribution in [2.75, 3.05) is 33.8 Å². The number of imide groups is 1. The van der Waals surface area contributed by atoms with Crippen molar-refractivity contribution >= 4 is 22.8 Å². The number of rotatable bonds is 8. The molecular weight excluding hydrogens is 440 g/mol. The zero-order valence-corrected chi connectivity index (χ0v) is 20.6. The summed E-state index contributed by atoms with van der Waals surface area (Å²) in [6.45, 7) is 7.64. The first-order chi connectivity index (χ1) is 16.9. The lowest BCUT2D eigenvalue weighted by atomic mass is 9.81. The van der Waals surface area contributed by atoms with E-state index in [0.717, 1.165) is 46.6 Å². The van der Waals surface area contributed by atoms with E-state index in [4.69, 9.17) is 4.74 Å². The Morgan fingerprint density at radius 1 is 1.23 bits per heavy atom. The van der Waals surface area contributed by atoms with Crippen LogP contribution in [0.4, 0.5) is 4.79 Å². The Morgan fingerprint density at radius 3 is 2.71 bits per heavy atom. The Bertz CT molecular complexity index is 1280. The van der Waals surface area contributed by atoms with Crippen molar-refractivity contribution in [2.24, 2.45) is 0 Å². The summed E-state index contributed by atoms with van der Waals surface area (Å²) in [6, 6.07) is 15.3. The standard InChI is InChI=1S/C28H32N4O3/c1-5-14-30(3)15-9-16-31-26(33)28(2)18-22-21-17-20(35-4)12-13-23(21)29-24(22)25(32(28)27(31)34)19-10-7-6-8-11-19/h5-8,10-13,17,25,29H,1,9,14-16,18H2,2-4H3/t25?,28-/m0/s1. The summed E-state index contributed by atoms with van der Waals surface area (Å²) in [5, 5.41) is 1.03. The SMILES string of the molecule is C=CCN(C)CCCN1C(=O)N2C(c3ccccc3)c3[nH]c4ccc(OC)cc4c3C[C@@]2(C)C1=O. The first kappa shape index (κ1) is 23.2. The summed E-state index contributed by atoms with van der Waals surface area (Å²) in [5.41, 5.74) is 3.02. The fraction of sp³-hybridized carbons (Fsp3) is 0.357. The van der Waals surface area contributed by atoms with Gasteiger partial charge in [0.05, 0.1) is 7.11 Å². The molecule has 5 rings (SSSR count). The normalized spacial score (nSPS) is 21.5. The molecular formula is C28H32N4O3. The van der Waals surface area contributed by atoms with Gasteiger partial charge in [0.25, 0.3) is 5.91 Å². The molecule has 1 aromatic heterocycles. The van der Waals surface area contributed by atoms with Crippen LogP contribution in [0.15, 0.2) is 61.2 Å². The molecule has 2 aliphatic heterocycles. The molecule has 0 spiro atoms. The number of benzene rings is 2. The smallest absolute Gasteiger partial charge is 0.328 e. The van der Waals surface area contributed by atoms with Crippen molar-refractivity contribution in [2.45, 2.75) is 31.3 Å². The molecule has 1 saturated heterocycles. The van der Waals surface area contributed by atoms with Crippen molar-refractivity contribution in [1.29, 1.82) is 0 Å². The number of H-pyrrole nitrogens is 1. The molecule has 3 amide bonds. The van der Waals surface area contributed by atoms with Crippen molar-refractivity contribution in [3.8, 4) is 5.75 Å². The lowest BCUT2D eigenvalue weighted by Crippen LogP contribution is -2.53. The average molecular weight is 473 g/mol. The van der Waals surface area contributed by atoms with E-state index in [1.54, 1.807) is 12.0 Å². The molecule has 3 aromatic rings. The average Bonchev–Trinajstić information content (AvgIpc) is 3.30. The van der Waals surface area contributed by atoms with Gasteiger partial charge in [-0.1, -0.05) is 36.4 Å². The van der Waals surface area contributed by atoms with Gasteiger partial charge in [0.15, 0.2) is 0 Å². The lowest BCUT2D eigenvalue weighted by Gasteiger charge is -2.42. The Balaban J connectivity index is 1.57. The largest absolute Gasteiger partial charge is 0.497 e. The van der Waals surface area contributed by atoms with Crippen molar-refractivity contribution in [3.63, 3.8) is 0 Å². The molecule has 2 aliphatic rings. The van der Waals surface area contributed by atoms with Crippen LogP contribution in [0.1, 0.15) is 36.2 Å². The number of urea groups is 1.